The fourth-order valence-electron chi connectivity index (χ4n) is 4.22. The number of hydrogen-bond donors (Lipinski definition) is 0. The molecular formula is C22H26N4O. The van der Waals surface area contributed by atoms with Gasteiger partial charge in [-0.2, -0.15) is 0 Å². The number of aromatic nitrogens is 2. The van der Waals surface area contributed by atoms with Crippen molar-refractivity contribution in [1.82, 2.24) is 14.9 Å². The van der Waals surface area contributed by atoms with Gasteiger partial charge in [0.2, 0.25) is 5.91 Å². The van der Waals surface area contributed by atoms with Crippen LogP contribution in [0, 0.1) is 11.8 Å². The lowest BCUT2D eigenvalue weighted by Gasteiger charge is -2.37. The number of carbonyl (C=O) groups excluding carboxylic acids is 1. The Hall–Kier alpha value is -2.69. The molecule has 0 bridgehead atoms. The largest absolute Gasteiger partial charge is 0.369 e. The topological polar surface area (TPSA) is 49.3 Å². The minimum absolute atomic E-state index is 0.0987. The molecular weight excluding hydrogens is 336 g/mol. The van der Waals surface area contributed by atoms with Gasteiger partial charge in [0.05, 0.1) is 18.1 Å². The van der Waals surface area contributed by atoms with Crippen LogP contribution < -0.4 is 4.90 Å². The molecule has 0 unspecified atom stereocenters. The fraction of sp³-hybridized carbons (Fsp3) is 0.409. The van der Waals surface area contributed by atoms with Crippen LogP contribution in [0.25, 0.3) is 0 Å². The van der Waals surface area contributed by atoms with E-state index >= 15 is 0 Å². The van der Waals surface area contributed by atoms with Gasteiger partial charge in [0.1, 0.15) is 6.33 Å². The van der Waals surface area contributed by atoms with E-state index < -0.39 is 0 Å². The Labute approximate surface area is 160 Å². The van der Waals surface area contributed by atoms with Crippen LogP contribution in [-0.4, -0.2) is 40.4 Å². The van der Waals surface area contributed by atoms with Crippen molar-refractivity contribution in [3.63, 3.8) is 0 Å². The molecule has 1 atom stereocenters. The molecule has 0 spiro atoms. The van der Waals surface area contributed by atoms with Gasteiger partial charge in [-0.1, -0.05) is 42.5 Å². The zero-order valence-electron chi connectivity index (χ0n) is 15.6. The number of benzene rings is 1. The van der Waals surface area contributed by atoms with Gasteiger partial charge in [0, 0.05) is 32.1 Å². The SMILES string of the molecule is O=C1[C@@H](C2CCN(c3cncnc3)CC2)CC=CCN1Cc1ccccc1. The summed E-state index contributed by atoms with van der Waals surface area (Å²) in [5.41, 5.74) is 2.27. The zero-order chi connectivity index (χ0) is 18.5. The summed E-state index contributed by atoms with van der Waals surface area (Å²) in [5.74, 6) is 0.853. The summed E-state index contributed by atoms with van der Waals surface area (Å²) >= 11 is 0. The first-order chi connectivity index (χ1) is 13.3. The van der Waals surface area contributed by atoms with Crippen LogP contribution in [0.2, 0.25) is 0 Å². The molecule has 5 heteroatoms. The molecule has 5 nitrogen and oxygen atoms in total. The van der Waals surface area contributed by atoms with Gasteiger partial charge in [-0.05, 0) is 30.7 Å². The normalized spacial score (nSPS) is 21.3. The minimum Gasteiger partial charge on any atom is -0.369 e. The van der Waals surface area contributed by atoms with Crippen molar-refractivity contribution in [2.24, 2.45) is 11.8 Å². The third-order valence-electron chi connectivity index (χ3n) is 5.75. The lowest BCUT2D eigenvalue weighted by molar-refractivity contribution is -0.137. The second-order valence-corrected chi connectivity index (χ2v) is 7.44. The third kappa shape index (κ3) is 4.18. The van der Waals surface area contributed by atoms with Crippen molar-refractivity contribution in [2.75, 3.05) is 24.5 Å². The molecule has 1 fully saturated rings. The maximum Gasteiger partial charge on any atom is 0.226 e. The van der Waals surface area contributed by atoms with Gasteiger partial charge in [-0.25, -0.2) is 9.97 Å². The fourth-order valence-corrected chi connectivity index (χ4v) is 4.22. The van der Waals surface area contributed by atoms with Gasteiger partial charge in [0.15, 0.2) is 0 Å². The quantitative estimate of drug-likeness (QED) is 0.783. The Bertz CT molecular complexity index is 769. The van der Waals surface area contributed by atoms with Crippen molar-refractivity contribution in [3.8, 4) is 0 Å². The molecule has 2 aromatic rings. The van der Waals surface area contributed by atoms with Gasteiger partial charge in [0.25, 0.3) is 0 Å². The second kappa shape index (κ2) is 8.33. The van der Waals surface area contributed by atoms with Crippen LogP contribution in [0.3, 0.4) is 0 Å². The summed E-state index contributed by atoms with van der Waals surface area (Å²) in [5, 5.41) is 0. The maximum atomic E-state index is 13.3. The number of piperidine rings is 1. The standard InChI is InChI=1S/C22H26N4O/c27-22-21(8-4-5-11-26(22)16-18-6-2-1-3-7-18)19-9-12-25(13-10-19)20-14-23-17-24-15-20/h1-7,14-15,17,19,21H,8-13,16H2/t21-/m1/s1. The number of allylic oxidation sites excluding steroid dienone is 1. The van der Waals surface area contributed by atoms with Gasteiger partial charge >= 0.3 is 0 Å². The number of amides is 1. The number of nitrogens with zero attached hydrogens (tertiary/aromatic N) is 4. The number of rotatable bonds is 4. The maximum absolute atomic E-state index is 13.3. The monoisotopic (exact) mass is 362 g/mol. The van der Waals surface area contributed by atoms with Crippen LogP contribution >= 0.6 is 0 Å². The molecule has 0 N–H and O–H groups in total. The Morgan fingerprint density at radius 1 is 1.00 bits per heavy atom. The Kier molecular flexibility index (Phi) is 5.47. The Morgan fingerprint density at radius 3 is 2.48 bits per heavy atom. The molecule has 3 heterocycles. The summed E-state index contributed by atoms with van der Waals surface area (Å²) in [4.78, 5) is 25.8. The van der Waals surface area contributed by atoms with E-state index in [9.17, 15) is 4.79 Å². The van der Waals surface area contributed by atoms with Crippen LogP contribution in [0.4, 0.5) is 5.69 Å². The summed E-state index contributed by atoms with van der Waals surface area (Å²) in [7, 11) is 0. The highest BCUT2D eigenvalue weighted by Gasteiger charge is 2.34. The highest BCUT2D eigenvalue weighted by molar-refractivity contribution is 5.80. The predicted molar refractivity (Wildman–Crippen MR) is 106 cm³/mol. The molecule has 0 saturated carbocycles. The van der Waals surface area contributed by atoms with E-state index in [2.05, 4.69) is 39.2 Å². The van der Waals surface area contributed by atoms with Crippen molar-refractivity contribution in [1.29, 1.82) is 0 Å². The van der Waals surface area contributed by atoms with Gasteiger partial charge in [-0.15, -0.1) is 0 Å². The van der Waals surface area contributed by atoms with Crippen LogP contribution in [0.1, 0.15) is 24.8 Å². The average molecular weight is 362 g/mol. The molecule has 1 amide bonds. The minimum atomic E-state index is 0.0987. The highest BCUT2D eigenvalue weighted by atomic mass is 16.2. The van der Waals surface area contributed by atoms with Crippen molar-refractivity contribution in [3.05, 3.63) is 66.8 Å². The van der Waals surface area contributed by atoms with Crippen LogP contribution in [0.15, 0.2) is 61.2 Å². The van der Waals surface area contributed by atoms with E-state index in [1.54, 1.807) is 6.33 Å². The zero-order valence-corrected chi connectivity index (χ0v) is 15.6. The molecule has 2 aliphatic rings. The molecule has 4 rings (SSSR count). The summed E-state index contributed by atoms with van der Waals surface area (Å²) in [6, 6.07) is 10.3. The lowest BCUT2D eigenvalue weighted by Crippen LogP contribution is -2.42. The van der Waals surface area contributed by atoms with E-state index in [0.717, 1.165) is 38.0 Å². The number of anilines is 1. The van der Waals surface area contributed by atoms with E-state index in [4.69, 9.17) is 0 Å². The molecule has 140 valence electrons. The smallest absolute Gasteiger partial charge is 0.226 e. The number of carbonyl (C=O) groups is 1. The first-order valence-electron chi connectivity index (χ1n) is 9.79. The van der Waals surface area contributed by atoms with Crippen LogP contribution in [0.5, 0.6) is 0 Å². The highest BCUT2D eigenvalue weighted by Crippen LogP contribution is 2.32. The lowest BCUT2D eigenvalue weighted by atomic mass is 9.81. The molecule has 1 aromatic heterocycles. The Balaban J connectivity index is 1.40. The summed E-state index contributed by atoms with van der Waals surface area (Å²) < 4.78 is 0. The molecule has 2 aliphatic heterocycles. The van der Waals surface area contributed by atoms with E-state index in [1.807, 2.05) is 35.5 Å². The third-order valence-corrected chi connectivity index (χ3v) is 5.75. The predicted octanol–water partition coefficient (Wildman–Crippen LogP) is 3.30. The first kappa shape index (κ1) is 17.7. The van der Waals surface area contributed by atoms with Crippen molar-refractivity contribution >= 4 is 11.6 Å². The summed E-state index contributed by atoms with van der Waals surface area (Å²) in [6.45, 7) is 3.33. The summed E-state index contributed by atoms with van der Waals surface area (Å²) in [6.07, 6.45) is 12.6. The van der Waals surface area contributed by atoms with Crippen LogP contribution in [-0.2, 0) is 11.3 Å². The van der Waals surface area contributed by atoms with Crippen molar-refractivity contribution in [2.45, 2.75) is 25.8 Å². The number of hydrogen-bond acceptors (Lipinski definition) is 4. The van der Waals surface area contributed by atoms with Gasteiger partial charge < -0.3 is 9.80 Å². The molecule has 1 aromatic carbocycles. The van der Waals surface area contributed by atoms with Gasteiger partial charge in [-0.3, -0.25) is 4.79 Å². The Morgan fingerprint density at radius 2 is 1.74 bits per heavy atom. The van der Waals surface area contributed by atoms with E-state index in [-0.39, 0.29) is 5.92 Å². The van der Waals surface area contributed by atoms with E-state index in [0.29, 0.717) is 24.9 Å². The van der Waals surface area contributed by atoms with Crippen molar-refractivity contribution < 1.29 is 4.79 Å². The molecule has 27 heavy (non-hydrogen) atoms. The first-order valence-corrected chi connectivity index (χ1v) is 9.79. The van der Waals surface area contributed by atoms with E-state index in [1.165, 1.54) is 5.56 Å². The molecule has 0 aliphatic carbocycles. The second-order valence-electron chi connectivity index (χ2n) is 7.44. The average Bonchev–Trinajstić information content (AvgIpc) is 2.91. The molecule has 0 radical (unpaired) electrons. The molecule has 1 saturated heterocycles.